The van der Waals surface area contributed by atoms with Crippen LogP contribution in [0, 0.1) is 5.92 Å². The average molecular weight is 155 g/mol. The van der Waals surface area contributed by atoms with Gasteiger partial charge in [0.1, 0.15) is 0 Å². The Morgan fingerprint density at radius 3 is 2.55 bits per heavy atom. The second kappa shape index (κ2) is 6.41. The summed E-state index contributed by atoms with van der Waals surface area (Å²) in [6.07, 6.45) is 3.79. The fraction of sp³-hybridized carbons (Fsp3) is 0.800. The lowest BCUT2D eigenvalue weighted by Gasteiger charge is -2.06. The van der Waals surface area contributed by atoms with Gasteiger partial charge in [-0.2, -0.15) is 0 Å². The van der Waals surface area contributed by atoms with Crippen molar-refractivity contribution in [3.8, 4) is 0 Å². The van der Waals surface area contributed by atoms with Crippen LogP contribution in [0.2, 0.25) is 0 Å². The average Bonchev–Trinajstić information content (AvgIpc) is 1.87. The summed E-state index contributed by atoms with van der Waals surface area (Å²) in [6, 6.07) is 0. The minimum atomic E-state index is 0.831. The van der Waals surface area contributed by atoms with Crippen LogP contribution < -0.4 is 5.32 Å². The summed E-state index contributed by atoms with van der Waals surface area (Å²) in [7, 11) is 1.97. The standard InChI is InChI=1S/C10H21N/c1-9(2)6-5-7-10(3)8-11-4/h9,11H,3,5-8H2,1-2,4H3. The van der Waals surface area contributed by atoms with E-state index < -0.39 is 0 Å². The predicted molar refractivity (Wildman–Crippen MR) is 51.8 cm³/mol. The van der Waals surface area contributed by atoms with Crippen molar-refractivity contribution >= 4 is 0 Å². The van der Waals surface area contributed by atoms with Gasteiger partial charge in [-0.1, -0.05) is 32.4 Å². The van der Waals surface area contributed by atoms with Crippen molar-refractivity contribution in [2.24, 2.45) is 5.92 Å². The molecular weight excluding hydrogens is 134 g/mol. The summed E-state index contributed by atoms with van der Waals surface area (Å²) in [5, 5.41) is 3.11. The molecule has 0 rings (SSSR count). The SMILES string of the molecule is C=C(CCCC(C)C)CNC. The normalized spacial score (nSPS) is 10.5. The molecule has 0 atom stereocenters. The predicted octanol–water partition coefficient (Wildman–Crippen LogP) is 2.59. The molecule has 0 fully saturated rings. The molecule has 0 saturated heterocycles. The van der Waals surface area contributed by atoms with Crippen molar-refractivity contribution in [1.29, 1.82) is 0 Å². The second-order valence-corrected chi connectivity index (χ2v) is 3.57. The fourth-order valence-electron chi connectivity index (χ4n) is 1.10. The molecule has 0 aliphatic heterocycles. The van der Waals surface area contributed by atoms with E-state index in [0.29, 0.717) is 0 Å². The highest BCUT2D eigenvalue weighted by Gasteiger charge is 1.95. The molecule has 0 amide bonds. The Hall–Kier alpha value is -0.300. The molecule has 11 heavy (non-hydrogen) atoms. The molecule has 1 heteroatoms. The van der Waals surface area contributed by atoms with E-state index in [1.165, 1.54) is 24.8 Å². The molecule has 0 aliphatic carbocycles. The first kappa shape index (κ1) is 10.7. The van der Waals surface area contributed by atoms with Crippen molar-refractivity contribution in [3.63, 3.8) is 0 Å². The molecular formula is C10H21N. The van der Waals surface area contributed by atoms with Crippen LogP contribution in [0.15, 0.2) is 12.2 Å². The highest BCUT2D eigenvalue weighted by Crippen LogP contribution is 2.09. The van der Waals surface area contributed by atoms with E-state index in [0.717, 1.165) is 12.5 Å². The van der Waals surface area contributed by atoms with Gasteiger partial charge in [0.05, 0.1) is 0 Å². The number of rotatable bonds is 6. The van der Waals surface area contributed by atoms with Crippen molar-refractivity contribution in [2.45, 2.75) is 33.1 Å². The van der Waals surface area contributed by atoms with Crippen molar-refractivity contribution in [3.05, 3.63) is 12.2 Å². The highest BCUT2D eigenvalue weighted by atomic mass is 14.8. The molecule has 0 spiro atoms. The van der Waals surface area contributed by atoms with Gasteiger partial charge >= 0.3 is 0 Å². The zero-order valence-corrected chi connectivity index (χ0v) is 8.11. The summed E-state index contributed by atoms with van der Waals surface area (Å²) in [5.41, 5.74) is 1.33. The quantitative estimate of drug-likeness (QED) is 0.581. The van der Waals surface area contributed by atoms with Crippen LogP contribution in [-0.4, -0.2) is 13.6 Å². The van der Waals surface area contributed by atoms with Crippen LogP contribution >= 0.6 is 0 Å². The summed E-state index contributed by atoms with van der Waals surface area (Å²) in [6.45, 7) is 9.48. The maximum Gasteiger partial charge on any atom is 0.0158 e. The van der Waals surface area contributed by atoms with Crippen molar-refractivity contribution < 1.29 is 0 Å². The van der Waals surface area contributed by atoms with Crippen LogP contribution in [0.4, 0.5) is 0 Å². The minimum absolute atomic E-state index is 0.831. The number of hydrogen-bond donors (Lipinski definition) is 1. The Morgan fingerprint density at radius 1 is 1.45 bits per heavy atom. The summed E-state index contributed by atoms with van der Waals surface area (Å²) >= 11 is 0. The first-order valence-electron chi connectivity index (χ1n) is 4.48. The molecule has 0 aliphatic rings. The summed E-state index contributed by atoms with van der Waals surface area (Å²) < 4.78 is 0. The number of nitrogens with one attached hydrogen (secondary N) is 1. The van der Waals surface area contributed by atoms with E-state index >= 15 is 0 Å². The third-order valence-electron chi connectivity index (χ3n) is 1.74. The van der Waals surface area contributed by atoms with Gasteiger partial charge in [-0.15, -0.1) is 0 Å². The number of likely N-dealkylation sites (N-methyl/N-ethyl adjacent to an activating group) is 1. The Labute approximate surface area is 70.9 Å². The highest BCUT2D eigenvalue weighted by molar-refractivity contribution is 4.95. The Balaban J connectivity index is 3.17. The van der Waals surface area contributed by atoms with Gasteiger partial charge in [-0.05, 0) is 25.8 Å². The van der Waals surface area contributed by atoms with Crippen molar-refractivity contribution in [1.82, 2.24) is 5.32 Å². The molecule has 0 bridgehead atoms. The largest absolute Gasteiger partial charge is 0.316 e. The molecule has 1 N–H and O–H groups in total. The fourth-order valence-corrected chi connectivity index (χ4v) is 1.10. The zero-order chi connectivity index (χ0) is 8.69. The smallest absolute Gasteiger partial charge is 0.0158 e. The van der Waals surface area contributed by atoms with E-state index in [1.807, 2.05) is 7.05 Å². The van der Waals surface area contributed by atoms with E-state index in [4.69, 9.17) is 0 Å². The van der Waals surface area contributed by atoms with Crippen molar-refractivity contribution in [2.75, 3.05) is 13.6 Å². The van der Waals surface area contributed by atoms with Gasteiger partial charge in [-0.3, -0.25) is 0 Å². The first-order valence-corrected chi connectivity index (χ1v) is 4.48. The lowest BCUT2D eigenvalue weighted by Crippen LogP contribution is -2.09. The second-order valence-electron chi connectivity index (χ2n) is 3.57. The third kappa shape index (κ3) is 7.60. The van der Waals surface area contributed by atoms with E-state index in [-0.39, 0.29) is 0 Å². The molecule has 0 radical (unpaired) electrons. The maximum absolute atomic E-state index is 3.98. The Kier molecular flexibility index (Phi) is 6.24. The van der Waals surface area contributed by atoms with Gasteiger partial charge in [0, 0.05) is 6.54 Å². The van der Waals surface area contributed by atoms with Crippen LogP contribution in [0.1, 0.15) is 33.1 Å². The molecule has 0 saturated carbocycles. The topological polar surface area (TPSA) is 12.0 Å². The lowest BCUT2D eigenvalue weighted by molar-refractivity contribution is 0.552. The Bertz CT molecular complexity index is 105. The van der Waals surface area contributed by atoms with Crippen LogP contribution in [0.5, 0.6) is 0 Å². The number of hydrogen-bond acceptors (Lipinski definition) is 1. The summed E-state index contributed by atoms with van der Waals surface area (Å²) in [4.78, 5) is 0. The first-order chi connectivity index (χ1) is 5.16. The van der Waals surface area contributed by atoms with Gasteiger partial charge in [0.25, 0.3) is 0 Å². The van der Waals surface area contributed by atoms with Gasteiger partial charge in [0.15, 0.2) is 0 Å². The molecule has 0 unspecified atom stereocenters. The van der Waals surface area contributed by atoms with Gasteiger partial charge < -0.3 is 5.32 Å². The van der Waals surface area contributed by atoms with E-state index in [2.05, 4.69) is 25.7 Å². The molecule has 0 aromatic heterocycles. The van der Waals surface area contributed by atoms with Crippen LogP contribution in [-0.2, 0) is 0 Å². The third-order valence-corrected chi connectivity index (χ3v) is 1.74. The monoisotopic (exact) mass is 155 g/mol. The van der Waals surface area contributed by atoms with Gasteiger partial charge in [0.2, 0.25) is 0 Å². The van der Waals surface area contributed by atoms with Crippen LogP contribution in [0.3, 0.4) is 0 Å². The van der Waals surface area contributed by atoms with Crippen LogP contribution in [0.25, 0.3) is 0 Å². The van der Waals surface area contributed by atoms with Gasteiger partial charge in [-0.25, -0.2) is 0 Å². The van der Waals surface area contributed by atoms with E-state index in [1.54, 1.807) is 0 Å². The lowest BCUT2D eigenvalue weighted by atomic mass is 10.0. The molecule has 66 valence electrons. The Morgan fingerprint density at radius 2 is 2.09 bits per heavy atom. The summed E-state index contributed by atoms with van der Waals surface area (Å²) in [5.74, 6) is 0.831. The molecule has 0 aromatic carbocycles. The zero-order valence-electron chi connectivity index (χ0n) is 8.11. The molecule has 0 aromatic rings. The maximum atomic E-state index is 3.98. The van der Waals surface area contributed by atoms with E-state index in [9.17, 15) is 0 Å². The minimum Gasteiger partial charge on any atom is -0.316 e. The molecule has 1 nitrogen and oxygen atoms in total. The molecule has 0 heterocycles.